The van der Waals surface area contributed by atoms with Crippen molar-refractivity contribution in [2.45, 2.75) is 13.5 Å². The van der Waals surface area contributed by atoms with Crippen molar-refractivity contribution >= 4 is 5.97 Å². The largest absolute Gasteiger partial charge is 0.508 e. The Balaban J connectivity index is 0.000000236. The molecule has 3 aromatic carbocycles. The van der Waals surface area contributed by atoms with Gasteiger partial charge in [0.15, 0.2) is 0 Å². The van der Waals surface area contributed by atoms with E-state index in [0.29, 0.717) is 17.1 Å². The molecule has 3 aromatic rings. The van der Waals surface area contributed by atoms with Crippen LogP contribution in [0.1, 0.15) is 21.5 Å². The molecular weight excluding hydrogens is 316 g/mol. The topological polar surface area (TPSA) is 66.8 Å². The van der Waals surface area contributed by atoms with E-state index in [1.807, 2.05) is 25.1 Å². The lowest BCUT2D eigenvalue weighted by Gasteiger charge is -2.04. The molecular formula is C21H20O4. The molecule has 0 aliphatic rings. The maximum Gasteiger partial charge on any atom is 0.343 e. The minimum Gasteiger partial charge on any atom is -0.508 e. The highest BCUT2D eigenvalue weighted by atomic mass is 16.5. The number of carbonyl (C=O) groups is 1. The van der Waals surface area contributed by atoms with Gasteiger partial charge in [-0.1, -0.05) is 48.0 Å². The van der Waals surface area contributed by atoms with Crippen molar-refractivity contribution in [1.29, 1.82) is 0 Å². The van der Waals surface area contributed by atoms with Crippen molar-refractivity contribution in [1.82, 2.24) is 0 Å². The highest BCUT2D eigenvalue weighted by Crippen LogP contribution is 2.12. The summed E-state index contributed by atoms with van der Waals surface area (Å²) in [7, 11) is 0. The number of rotatable bonds is 3. The number of hydrogen-bond acceptors (Lipinski definition) is 4. The summed E-state index contributed by atoms with van der Waals surface area (Å²) in [6, 6.07) is 22.7. The van der Waals surface area contributed by atoms with Crippen LogP contribution in [0.25, 0.3) is 0 Å². The lowest BCUT2D eigenvalue weighted by atomic mass is 10.1. The molecule has 0 amide bonds. The molecule has 2 N–H and O–H groups in total. The maximum atomic E-state index is 11.7. The second-order valence-electron chi connectivity index (χ2n) is 5.39. The summed E-state index contributed by atoms with van der Waals surface area (Å²) in [6.45, 7) is 1.95. The molecule has 0 saturated carbocycles. The van der Waals surface area contributed by atoms with Gasteiger partial charge in [0, 0.05) is 0 Å². The summed E-state index contributed by atoms with van der Waals surface area (Å²) in [5.74, 6) is 0.444. The van der Waals surface area contributed by atoms with Crippen LogP contribution in [0.2, 0.25) is 0 Å². The van der Waals surface area contributed by atoms with Crippen LogP contribution in [0.15, 0.2) is 78.9 Å². The highest BCUT2D eigenvalue weighted by Gasteiger charge is 2.07. The third-order valence-corrected chi connectivity index (χ3v) is 3.36. The third-order valence-electron chi connectivity index (χ3n) is 3.36. The first kappa shape index (κ1) is 18.2. The van der Waals surface area contributed by atoms with Crippen LogP contribution < -0.4 is 4.74 Å². The number of esters is 1. The summed E-state index contributed by atoms with van der Waals surface area (Å²) in [4.78, 5) is 11.7. The number of benzene rings is 3. The maximum absolute atomic E-state index is 11.7. The molecule has 0 bridgehead atoms. The quantitative estimate of drug-likeness (QED) is 0.558. The standard InChI is InChI=1S/C14H12O3.C7H8O/c15-10-11-6-8-12(9-7-11)14(16)17-13-4-2-1-3-5-13;1-6-2-4-7(8)5-3-6/h1-9,15H,10H2;2-5,8H,1H3. The van der Waals surface area contributed by atoms with Crippen LogP contribution in [0.4, 0.5) is 0 Å². The molecule has 4 heteroatoms. The average molecular weight is 336 g/mol. The number of phenols is 1. The van der Waals surface area contributed by atoms with Crippen molar-refractivity contribution in [3.8, 4) is 11.5 Å². The number of hydrogen-bond donors (Lipinski definition) is 2. The van der Waals surface area contributed by atoms with E-state index in [0.717, 1.165) is 5.56 Å². The zero-order valence-electron chi connectivity index (χ0n) is 13.9. The number of phenolic OH excluding ortho intramolecular Hbond substituents is 1. The smallest absolute Gasteiger partial charge is 0.343 e. The second kappa shape index (κ2) is 9.25. The molecule has 0 unspecified atom stereocenters. The lowest BCUT2D eigenvalue weighted by molar-refractivity contribution is 0.0734. The second-order valence-corrected chi connectivity index (χ2v) is 5.39. The van der Waals surface area contributed by atoms with Gasteiger partial charge in [-0.2, -0.15) is 0 Å². The number of para-hydroxylation sites is 1. The summed E-state index contributed by atoms with van der Waals surface area (Å²) < 4.78 is 5.17. The van der Waals surface area contributed by atoms with Gasteiger partial charge in [-0.15, -0.1) is 0 Å². The van der Waals surface area contributed by atoms with Crippen LogP contribution in [0.5, 0.6) is 11.5 Å². The van der Waals surface area contributed by atoms with Gasteiger partial charge in [-0.3, -0.25) is 0 Å². The van der Waals surface area contributed by atoms with E-state index < -0.39 is 5.97 Å². The Hall–Kier alpha value is -3.11. The number of aliphatic hydroxyl groups excluding tert-OH is 1. The first-order chi connectivity index (χ1) is 12.1. The molecule has 0 saturated heterocycles. The Morgan fingerprint density at radius 2 is 1.48 bits per heavy atom. The van der Waals surface area contributed by atoms with E-state index in [9.17, 15) is 4.79 Å². The summed E-state index contributed by atoms with van der Waals surface area (Å²) in [5.41, 5.74) is 2.40. The average Bonchev–Trinajstić information content (AvgIpc) is 2.65. The molecule has 0 aromatic heterocycles. The first-order valence-electron chi connectivity index (χ1n) is 7.81. The number of carbonyl (C=O) groups excluding carboxylic acids is 1. The zero-order valence-corrected chi connectivity index (χ0v) is 13.9. The number of aromatic hydroxyl groups is 1. The van der Waals surface area contributed by atoms with Gasteiger partial charge >= 0.3 is 5.97 Å². The van der Waals surface area contributed by atoms with Crippen molar-refractivity contribution < 1.29 is 19.7 Å². The van der Waals surface area contributed by atoms with Gasteiger partial charge < -0.3 is 14.9 Å². The minimum absolute atomic E-state index is 0.0337. The van der Waals surface area contributed by atoms with Crippen LogP contribution in [-0.2, 0) is 6.61 Å². The van der Waals surface area contributed by atoms with Crippen molar-refractivity contribution in [2.24, 2.45) is 0 Å². The Kier molecular flexibility index (Phi) is 6.75. The third kappa shape index (κ3) is 6.12. The van der Waals surface area contributed by atoms with E-state index in [1.54, 1.807) is 60.7 Å². The Labute approximate surface area is 147 Å². The fourth-order valence-electron chi connectivity index (χ4n) is 1.95. The Morgan fingerprint density at radius 1 is 0.880 bits per heavy atom. The molecule has 0 radical (unpaired) electrons. The normalized spacial score (nSPS) is 9.68. The Bertz CT molecular complexity index is 757. The fraction of sp³-hybridized carbons (Fsp3) is 0.0952. The molecule has 0 aliphatic carbocycles. The summed E-state index contributed by atoms with van der Waals surface area (Å²) in [6.07, 6.45) is 0. The van der Waals surface area contributed by atoms with Crippen LogP contribution in [0.3, 0.4) is 0 Å². The van der Waals surface area contributed by atoms with Crippen LogP contribution >= 0.6 is 0 Å². The predicted molar refractivity (Wildman–Crippen MR) is 96.6 cm³/mol. The number of aliphatic hydroxyl groups is 1. The molecule has 0 fully saturated rings. The van der Waals surface area contributed by atoms with Gasteiger partial charge in [0.2, 0.25) is 0 Å². The molecule has 4 nitrogen and oxygen atoms in total. The van der Waals surface area contributed by atoms with Crippen molar-refractivity contribution in [3.05, 3.63) is 95.6 Å². The van der Waals surface area contributed by atoms with Crippen LogP contribution in [0, 0.1) is 6.92 Å². The molecule has 3 rings (SSSR count). The van der Waals surface area contributed by atoms with Crippen molar-refractivity contribution in [2.75, 3.05) is 0 Å². The van der Waals surface area contributed by atoms with E-state index in [4.69, 9.17) is 14.9 Å². The summed E-state index contributed by atoms with van der Waals surface area (Å²) >= 11 is 0. The highest BCUT2D eigenvalue weighted by molar-refractivity contribution is 5.91. The van der Waals surface area contributed by atoms with Gasteiger partial charge in [0.1, 0.15) is 11.5 Å². The minimum atomic E-state index is -0.402. The lowest BCUT2D eigenvalue weighted by Crippen LogP contribution is -2.08. The Morgan fingerprint density at radius 3 is 2.00 bits per heavy atom. The van der Waals surface area contributed by atoms with E-state index in [1.165, 1.54) is 5.56 Å². The molecule has 25 heavy (non-hydrogen) atoms. The van der Waals surface area contributed by atoms with E-state index >= 15 is 0 Å². The van der Waals surface area contributed by atoms with Gasteiger partial charge in [-0.05, 0) is 48.9 Å². The molecule has 128 valence electrons. The monoisotopic (exact) mass is 336 g/mol. The van der Waals surface area contributed by atoms with Gasteiger partial charge in [0.05, 0.1) is 12.2 Å². The molecule has 0 spiro atoms. The SMILES string of the molecule is Cc1ccc(O)cc1.O=C(Oc1ccccc1)c1ccc(CO)cc1. The zero-order chi connectivity index (χ0) is 18.1. The first-order valence-corrected chi connectivity index (χ1v) is 7.81. The van der Waals surface area contributed by atoms with Crippen LogP contribution in [-0.4, -0.2) is 16.2 Å². The predicted octanol–water partition coefficient (Wildman–Crippen LogP) is 4.10. The van der Waals surface area contributed by atoms with Gasteiger partial charge in [-0.25, -0.2) is 4.79 Å². The number of ether oxygens (including phenoxy) is 1. The van der Waals surface area contributed by atoms with E-state index in [2.05, 4.69) is 0 Å². The molecule has 0 heterocycles. The number of aryl methyl sites for hydroxylation is 1. The molecule has 0 atom stereocenters. The fourth-order valence-corrected chi connectivity index (χ4v) is 1.95. The molecule has 0 aliphatic heterocycles. The summed E-state index contributed by atoms with van der Waals surface area (Å²) in [5, 5.41) is 17.6. The van der Waals surface area contributed by atoms with Crippen molar-refractivity contribution in [3.63, 3.8) is 0 Å². The van der Waals surface area contributed by atoms with E-state index in [-0.39, 0.29) is 6.61 Å². The van der Waals surface area contributed by atoms with Gasteiger partial charge in [0.25, 0.3) is 0 Å².